The Balaban J connectivity index is 0.00000180. The van der Waals surface area contributed by atoms with Crippen LogP contribution in [0.3, 0.4) is 0 Å². The monoisotopic (exact) mass is 312 g/mol. The normalized spacial score (nSPS) is 19.8. The zero-order valence-electron chi connectivity index (χ0n) is 10.0. The second kappa shape index (κ2) is 6.60. The van der Waals surface area contributed by atoms with Crippen molar-refractivity contribution < 1.29 is 17.2 Å². The van der Waals surface area contributed by atoms with Crippen LogP contribution >= 0.6 is 12.4 Å². The number of rotatable bonds is 3. The SMILES string of the molecule is Cl.O=S(=O)(NC1CCCNC1)c1cccc(F)c1F. The van der Waals surface area contributed by atoms with Gasteiger partial charge in [0.1, 0.15) is 4.90 Å². The fourth-order valence-corrected chi connectivity index (χ4v) is 3.29. The Morgan fingerprint density at radius 2 is 2.05 bits per heavy atom. The lowest BCUT2D eigenvalue weighted by Crippen LogP contribution is -2.45. The van der Waals surface area contributed by atoms with E-state index in [0.29, 0.717) is 13.0 Å². The molecule has 1 fully saturated rings. The maximum atomic E-state index is 13.4. The molecular formula is C11H15ClF2N2O2S. The first-order valence-electron chi connectivity index (χ1n) is 5.68. The minimum absolute atomic E-state index is 0. The molecule has 0 saturated carbocycles. The van der Waals surface area contributed by atoms with E-state index in [4.69, 9.17) is 0 Å². The minimum atomic E-state index is -4.02. The third kappa shape index (κ3) is 3.85. The Hall–Kier alpha value is -0.760. The smallest absolute Gasteiger partial charge is 0.243 e. The first kappa shape index (κ1) is 16.3. The van der Waals surface area contributed by atoms with Gasteiger partial charge in [0, 0.05) is 12.6 Å². The highest BCUT2D eigenvalue weighted by molar-refractivity contribution is 7.89. The molecule has 1 aromatic rings. The van der Waals surface area contributed by atoms with Crippen molar-refractivity contribution >= 4 is 22.4 Å². The van der Waals surface area contributed by atoms with Gasteiger partial charge in [-0.1, -0.05) is 6.07 Å². The molecule has 1 atom stereocenters. The van der Waals surface area contributed by atoms with Gasteiger partial charge >= 0.3 is 0 Å². The molecule has 8 heteroatoms. The van der Waals surface area contributed by atoms with E-state index >= 15 is 0 Å². The first-order chi connectivity index (χ1) is 8.50. The van der Waals surface area contributed by atoms with Crippen LogP contribution in [0.1, 0.15) is 12.8 Å². The molecule has 0 bridgehead atoms. The van der Waals surface area contributed by atoms with Crippen LogP contribution in [0.5, 0.6) is 0 Å². The van der Waals surface area contributed by atoms with E-state index in [1.165, 1.54) is 6.07 Å². The molecule has 19 heavy (non-hydrogen) atoms. The predicted molar refractivity (Wildman–Crippen MR) is 69.8 cm³/mol. The minimum Gasteiger partial charge on any atom is -0.315 e. The molecule has 1 heterocycles. The Morgan fingerprint density at radius 1 is 1.32 bits per heavy atom. The zero-order valence-corrected chi connectivity index (χ0v) is 11.7. The summed E-state index contributed by atoms with van der Waals surface area (Å²) in [5, 5.41) is 3.04. The van der Waals surface area contributed by atoms with E-state index in [0.717, 1.165) is 25.1 Å². The van der Waals surface area contributed by atoms with Gasteiger partial charge in [-0.25, -0.2) is 21.9 Å². The van der Waals surface area contributed by atoms with Crippen LogP contribution in [0.15, 0.2) is 23.1 Å². The predicted octanol–water partition coefficient (Wildman–Crippen LogP) is 1.42. The summed E-state index contributed by atoms with van der Waals surface area (Å²) < 4.78 is 52.7. The van der Waals surface area contributed by atoms with Crippen molar-refractivity contribution in [2.75, 3.05) is 13.1 Å². The van der Waals surface area contributed by atoms with Crippen molar-refractivity contribution in [2.24, 2.45) is 0 Å². The van der Waals surface area contributed by atoms with Crippen LogP contribution < -0.4 is 10.0 Å². The molecule has 1 aromatic carbocycles. The molecule has 1 saturated heterocycles. The van der Waals surface area contributed by atoms with Crippen molar-refractivity contribution in [3.63, 3.8) is 0 Å². The Kier molecular flexibility index (Phi) is 5.66. The quantitative estimate of drug-likeness (QED) is 0.887. The van der Waals surface area contributed by atoms with Crippen molar-refractivity contribution in [1.82, 2.24) is 10.0 Å². The number of hydrogen-bond acceptors (Lipinski definition) is 3. The first-order valence-corrected chi connectivity index (χ1v) is 7.16. The number of hydrogen-bond donors (Lipinski definition) is 2. The average molecular weight is 313 g/mol. The summed E-state index contributed by atoms with van der Waals surface area (Å²) >= 11 is 0. The topological polar surface area (TPSA) is 58.2 Å². The molecule has 4 nitrogen and oxygen atoms in total. The van der Waals surface area contributed by atoms with Crippen LogP contribution in [0.4, 0.5) is 8.78 Å². The van der Waals surface area contributed by atoms with Crippen LogP contribution in [-0.2, 0) is 10.0 Å². The van der Waals surface area contributed by atoms with Crippen molar-refractivity contribution in [3.8, 4) is 0 Å². The number of sulfonamides is 1. The van der Waals surface area contributed by atoms with E-state index in [1.807, 2.05) is 0 Å². The van der Waals surface area contributed by atoms with Gasteiger partial charge in [-0.3, -0.25) is 0 Å². The fraction of sp³-hybridized carbons (Fsp3) is 0.455. The summed E-state index contributed by atoms with van der Waals surface area (Å²) in [6, 6.07) is 2.83. The van der Waals surface area contributed by atoms with Crippen molar-refractivity contribution in [2.45, 2.75) is 23.8 Å². The van der Waals surface area contributed by atoms with Gasteiger partial charge in [-0.2, -0.15) is 0 Å². The van der Waals surface area contributed by atoms with Gasteiger partial charge < -0.3 is 5.32 Å². The Bertz CT molecular complexity index is 533. The lowest BCUT2D eigenvalue weighted by Gasteiger charge is -2.23. The van der Waals surface area contributed by atoms with Crippen LogP contribution in [0.25, 0.3) is 0 Å². The molecule has 0 radical (unpaired) electrons. The van der Waals surface area contributed by atoms with Crippen molar-refractivity contribution in [1.29, 1.82) is 0 Å². The number of piperidine rings is 1. The second-order valence-electron chi connectivity index (χ2n) is 4.22. The molecule has 0 spiro atoms. The van der Waals surface area contributed by atoms with Crippen LogP contribution in [0.2, 0.25) is 0 Å². The standard InChI is InChI=1S/C11H14F2N2O2S.ClH/c12-9-4-1-5-10(11(9)13)18(16,17)15-8-3-2-6-14-7-8;/h1,4-5,8,14-15H,2-3,6-7H2;1H. The fourth-order valence-electron chi connectivity index (χ4n) is 1.93. The lowest BCUT2D eigenvalue weighted by atomic mass is 10.1. The average Bonchev–Trinajstić information content (AvgIpc) is 2.33. The maximum absolute atomic E-state index is 13.4. The molecule has 1 aliphatic heterocycles. The highest BCUT2D eigenvalue weighted by atomic mass is 35.5. The summed E-state index contributed by atoms with van der Waals surface area (Å²) in [6.07, 6.45) is 1.53. The largest absolute Gasteiger partial charge is 0.315 e. The van der Waals surface area contributed by atoms with Gasteiger partial charge in [-0.05, 0) is 31.5 Å². The Morgan fingerprint density at radius 3 is 2.68 bits per heavy atom. The van der Waals surface area contributed by atoms with E-state index in [2.05, 4.69) is 10.0 Å². The molecule has 1 unspecified atom stereocenters. The van der Waals surface area contributed by atoms with E-state index in [-0.39, 0.29) is 18.4 Å². The van der Waals surface area contributed by atoms with Crippen LogP contribution in [-0.4, -0.2) is 27.5 Å². The molecular weight excluding hydrogens is 298 g/mol. The number of benzene rings is 1. The van der Waals surface area contributed by atoms with E-state index < -0.39 is 26.6 Å². The van der Waals surface area contributed by atoms with Crippen molar-refractivity contribution in [3.05, 3.63) is 29.8 Å². The number of nitrogens with one attached hydrogen (secondary N) is 2. The summed E-state index contributed by atoms with van der Waals surface area (Å²) in [6.45, 7) is 1.34. The van der Waals surface area contributed by atoms with Crippen LogP contribution in [0, 0.1) is 11.6 Å². The molecule has 0 aromatic heterocycles. The molecule has 1 aliphatic rings. The van der Waals surface area contributed by atoms with Gasteiger partial charge in [0.05, 0.1) is 0 Å². The summed E-state index contributed by atoms with van der Waals surface area (Å²) in [5.41, 5.74) is 0. The van der Waals surface area contributed by atoms with E-state index in [1.54, 1.807) is 0 Å². The summed E-state index contributed by atoms with van der Waals surface area (Å²) in [4.78, 5) is -0.645. The van der Waals surface area contributed by atoms with Gasteiger partial charge in [0.2, 0.25) is 10.0 Å². The number of halogens is 3. The maximum Gasteiger partial charge on any atom is 0.243 e. The van der Waals surface area contributed by atoms with Gasteiger partial charge in [-0.15, -0.1) is 12.4 Å². The molecule has 0 aliphatic carbocycles. The molecule has 108 valence electrons. The Labute approximate surface area is 117 Å². The molecule has 0 amide bonds. The lowest BCUT2D eigenvalue weighted by molar-refractivity contribution is 0.426. The third-order valence-corrected chi connectivity index (χ3v) is 4.36. The summed E-state index contributed by atoms with van der Waals surface area (Å²) in [5.74, 6) is -2.51. The van der Waals surface area contributed by atoms with Gasteiger partial charge in [0.15, 0.2) is 11.6 Å². The zero-order chi connectivity index (χ0) is 13.2. The summed E-state index contributed by atoms with van der Waals surface area (Å²) in [7, 11) is -4.02. The third-order valence-electron chi connectivity index (χ3n) is 2.82. The molecule has 2 rings (SSSR count). The van der Waals surface area contributed by atoms with Gasteiger partial charge in [0.25, 0.3) is 0 Å². The highest BCUT2D eigenvalue weighted by Crippen LogP contribution is 2.17. The highest BCUT2D eigenvalue weighted by Gasteiger charge is 2.25. The molecule has 2 N–H and O–H groups in total. The van der Waals surface area contributed by atoms with E-state index in [9.17, 15) is 17.2 Å². The second-order valence-corrected chi connectivity index (χ2v) is 5.90.